The van der Waals surface area contributed by atoms with Crippen LogP contribution in [0.25, 0.3) is 0 Å². The molecule has 7 heavy (non-hydrogen) atoms. The van der Waals surface area contributed by atoms with Crippen molar-refractivity contribution in [2.24, 2.45) is 0 Å². The maximum Gasteiger partial charge on any atom is 0.156 e. The van der Waals surface area contributed by atoms with Gasteiger partial charge < -0.3 is 0 Å². The first-order chi connectivity index (χ1) is 3.43. The molecule has 0 aromatic carbocycles. The maximum atomic E-state index is 9.92. The number of carbonyl (C=O) groups is 1. The van der Waals surface area contributed by atoms with Gasteiger partial charge >= 0.3 is 0 Å². The van der Waals surface area contributed by atoms with Crippen LogP contribution in [-0.4, -0.2) is 12.0 Å². The first kappa shape index (κ1) is 4.91. The molecule has 0 bridgehead atoms. The van der Waals surface area contributed by atoms with E-state index in [1.165, 1.54) is 0 Å². The van der Waals surface area contributed by atoms with E-state index in [9.17, 15) is 4.79 Å². The Morgan fingerprint density at radius 3 is 3.00 bits per heavy atom. The second kappa shape index (κ2) is 2.17. The van der Waals surface area contributed by atoms with Crippen molar-refractivity contribution in [2.45, 2.75) is 6.42 Å². The molecule has 1 nitrogen and oxygen atoms in total. The van der Waals surface area contributed by atoms with Crippen LogP contribution < -0.4 is 0 Å². The molecule has 0 aromatic heterocycles. The van der Waals surface area contributed by atoms with Crippen molar-refractivity contribution in [1.29, 1.82) is 0 Å². The zero-order valence-electron chi connectivity index (χ0n) is 3.89. The molecule has 0 unspecified atom stereocenters. The van der Waals surface area contributed by atoms with Gasteiger partial charge in [0.05, 0.1) is 0 Å². The SMILES string of the molecule is O=CC1=CCCS1. The molecule has 0 amide bonds. The number of rotatable bonds is 1. The van der Waals surface area contributed by atoms with Crippen LogP contribution in [0.4, 0.5) is 0 Å². The molecule has 0 saturated carbocycles. The minimum atomic E-state index is 0.903. The number of allylic oxidation sites excluding steroid dienone is 2. The van der Waals surface area contributed by atoms with Gasteiger partial charge in [-0.25, -0.2) is 0 Å². The quantitative estimate of drug-likeness (QED) is 0.476. The first-order valence-electron chi connectivity index (χ1n) is 2.21. The Bertz CT molecular complexity index is 107. The largest absolute Gasteiger partial charge is 0.297 e. The summed E-state index contributed by atoms with van der Waals surface area (Å²) < 4.78 is 0. The van der Waals surface area contributed by atoms with Gasteiger partial charge in [0, 0.05) is 10.7 Å². The van der Waals surface area contributed by atoms with Gasteiger partial charge in [-0.05, 0) is 6.42 Å². The van der Waals surface area contributed by atoms with Crippen molar-refractivity contribution >= 4 is 18.0 Å². The predicted octanol–water partition coefficient (Wildman–Crippen LogP) is 1.21. The Balaban J connectivity index is 2.51. The van der Waals surface area contributed by atoms with Crippen LogP contribution in [-0.2, 0) is 4.79 Å². The minimum absolute atomic E-state index is 0.903. The van der Waals surface area contributed by atoms with Crippen LogP contribution in [0.2, 0.25) is 0 Å². The fourth-order valence-electron chi connectivity index (χ4n) is 0.519. The lowest BCUT2D eigenvalue weighted by atomic mass is 10.4. The number of hydrogen-bond acceptors (Lipinski definition) is 2. The summed E-state index contributed by atoms with van der Waals surface area (Å²) in [5.74, 6) is 1.09. The highest BCUT2D eigenvalue weighted by Gasteiger charge is 2.00. The summed E-state index contributed by atoms with van der Waals surface area (Å²) in [5.41, 5.74) is 0. The molecule has 1 heterocycles. The fourth-order valence-corrected chi connectivity index (χ4v) is 1.29. The lowest BCUT2D eigenvalue weighted by Gasteiger charge is -1.79. The molecule has 0 atom stereocenters. The molecular weight excluding hydrogens is 108 g/mol. The maximum absolute atomic E-state index is 9.92. The lowest BCUT2D eigenvalue weighted by Crippen LogP contribution is -1.67. The zero-order chi connectivity index (χ0) is 5.11. The van der Waals surface area contributed by atoms with E-state index in [-0.39, 0.29) is 0 Å². The van der Waals surface area contributed by atoms with Gasteiger partial charge in [0.1, 0.15) is 0 Å². The molecule has 0 aromatic rings. The summed E-state index contributed by atoms with van der Waals surface area (Å²) in [6.07, 6.45) is 3.95. The Hall–Kier alpha value is -0.240. The van der Waals surface area contributed by atoms with E-state index in [1.807, 2.05) is 6.08 Å². The number of aldehydes is 1. The highest BCUT2D eigenvalue weighted by molar-refractivity contribution is 8.04. The van der Waals surface area contributed by atoms with Gasteiger partial charge in [0.25, 0.3) is 0 Å². The van der Waals surface area contributed by atoms with E-state index in [0.717, 1.165) is 23.4 Å². The van der Waals surface area contributed by atoms with Crippen LogP contribution in [0.1, 0.15) is 6.42 Å². The van der Waals surface area contributed by atoms with Crippen LogP contribution in [0.3, 0.4) is 0 Å². The van der Waals surface area contributed by atoms with Gasteiger partial charge in [-0.1, -0.05) is 6.08 Å². The van der Waals surface area contributed by atoms with Crippen molar-refractivity contribution in [3.05, 3.63) is 11.0 Å². The van der Waals surface area contributed by atoms with Crippen LogP contribution in [0, 0.1) is 0 Å². The van der Waals surface area contributed by atoms with E-state index in [4.69, 9.17) is 0 Å². The average Bonchev–Trinajstić information content (AvgIpc) is 2.14. The third-order valence-corrected chi connectivity index (χ3v) is 1.88. The van der Waals surface area contributed by atoms with Crippen molar-refractivity contribution in [3.63, 3.8) is 0 Å². The number of hydrogen-bond donors (Lipinski definition) is 0. The first-order valence-corrected chi connectivity index (χ1v) is 3.20. The van der Waals surface area contributed by atoms with Crippen LogP contribution in [0.15, 0.2) is 11.0 Å². The predicted molar refractivity (Wildman–Crippen MR) is 31.2 cm³/mol. The van der Waals surface area contributed by atoms with Gasteiger partial charge in [0.2, 0.25) is 0 Å². The Kier molecular flexibility index (Phi) is 1.52. The topological polar surface area (TPSA) is 17.1 Å². The second-order valence-electron chi connectivity index (χ2n) is 1.36. The molecule has 38 valence electrons. The monoisotopic (exact) mass is 114 g/mol. The summed E-state index contributed by atoms with van der Waals surface area (Å²) >= 11 is 1.64. The summed E-state index contributed by atoms with van der Waals surface area (Å²) in [6, 6.07) is 0. The van der Waals surface area contributed by atoms with E-state index in [1.54, 1.807) is 11.8 Å². The average molecular weight is 114 g/mol. The molecule has 1 aliphatic heterocycles. The highest BCUT2D eigenvalue weighted by atomic mass is 32.2. The Morgan fingerprint density at radius 1 is 1.86 bits per heavy atom. The Labute approximate surface area is 46.8 Å². The zero-order valence-corrected chi connectivity index (χ0v) is 4.70. The third-order valence-electron chi connectivity index (χ3n) is 0.848. The van der Waals surface area contributed by atoms with E-state index in [0.29, 0.717) is 0 Å². The van der Waals surface area contributed by atoms with Gasteiger partial charge in [-0.3, -0.25) is 4.79 Å². The molecule has 0 saturated heterocycles. The molecule has 0 N–H and O–H groups in total. The molecular formula is C5H6OS. The summed E-state index contributed by atoms with van der Waals surface area (Å²) in [5, 5.41) is 0. The standard InChI is InChI=1S/C5H6OS/c6-4-5-2-1-3-7-5/h2,4H,1,3H2. The van der Waals surface area contributed by atoms with Crippen molar-refractivity contribution in [3.8, 4) is 0 Å². The number of carbonyl (C=O) groups excluding carboxylic acids is 1. The third kappa shape index (κ3) is 1.06. The summed E-state index contributed by atoms with van der Waals surface area (Å²) in [7, 11) is 0. The molecule has 2 heteroatoms. The lowest BCUT2D eigenvalue weighted by molar-refractivity contribution is -0.104. The van der Waals surface area contributed by atoms with Crippen molar-refractivity contribution < 1.29 is 4.79 Å². The van der Waals surface area contributed by atoms with Gasteiger partial charge in [-0.2, -0.15) is 0 Å². The summed E-state index contributed by atoms with van der Waals surface area (Å²) in [6.45, 7) is 0. The molecule has 0 spiro atoms. The fraction of sp³-hybridized carbons (Fsp3) is 0.400. The molecule has 0 aliphatic carbocycles. The van der Waals surface area contributed by atoms with Crippen LogP contribution >= 0.6 is 11.8 Å². The molecule has 0 fully saturated rings. The highest BCUT2D eigenvalue weighted by Crippen LogP contribution is 2.21. The normalized spacial score (nSPS) is 19.1. The minimum Gasteiger partial charge on any atom is -0.297 e. The van der Waals surface area contributed by atoms with E-state index >= 15 is 0 Å². The van der Waals surface area contributed by atoms with Crippen molar-refractivity contribution in [2.75, 3.05) is 5.75 Å². The Morgan fingerprint density at radius 2 is 2.71 bits per heavy atom. The van der Waals surface area contributed by atoms with Crippen LogP contribution in [0.5, 0.6) is 0 Å². The molecule has 1 rings (SSSR count). The van der Waals surface area contributed by atoms with E-state index in [2.05, 4.69) is 0 Å². The van der Waals surface area contributed by atoms with E-state index < -0.39 is 0 Å². The number of thioether (sulfide) groups is 1. The molecule has 0 radical (unpaired) electrons. The smallest absolute Gasteiger partial charge is 0.156 e. The van der Waals surface area contributed by atoms with Crippen molar-refractivity contribution in [1.82, 2.24) is 0 Å². The van der Waals surface area contributed by atoms with Gasteiger partial charge in [-0.15, -0.1) is 11.8 Å². The molecule has 1 aliphatic rings. The second-order valence-corrected chi connectivity index (χ2v) is 2.53. The van der Waals surface area contributed by atoms with Gasteiger partial charge in [0.15, 0.2) is 6.29 Å². The summed E-state index contributed by atoms with van der Waals surface area (Å²) in [4.78, 5) is 10.8.